The van der Waals surface area contributed by atoms with E-state index in [1.54, 1.807) is 0 Å². The molecule has 0 bridgehead atoms. The van der Waals surface area contributed by atoms with Crippen molar-refractivity contribution in [2.45, 2.75) is 13.0 Å². The first-order valence-electron chi connectivity index (χ1n) is 6.80. The molecule has 0 aliphatic carbocycles. The largest absolute Gasteiger partial charge is 0.398 e. The zero-order valence-corrected chi connectivity index (χ0v) is 13.1. The van der Waals surface area contributed by atoms with E-state index < -0.39 is 0 Å². The Morgan fingerprint density at radius 1 is 1.10 bits per heavy atom. The molecular weight excluding hydrogens is 326 g/mol. The van der Waals surface area contributed by atoms with E-state index in [0.29, 0.717) is 0 Å². The van der Waals surface area contributed by atoms with Crippen LogP contribution in [0.25, 0.3) is 0 Å². The summed E-state index contributed by atoms with van der Waals surface area (Å²) in [5.41, 5.74) is 9.18. The molecule has 0 spiro atoms. The van der Waals surface area contributed by atoms with Crippen LogP contribution in [0.15, 0.2) is 65.4 Å². The van der Waals surface area contributed by atoms with Crippen molar-refractivity contribution >= 4 is 21.6 Å². The van der Waals surface area contributed by atoms with Crippen LogP contribution in [0.4, 0.5) is 5.69 Å². The molecule has 2 aromatic carbocycles. The molecule has 3 rings (SSSR count). The molecule has 0 radical (unpaired) electrons. The highest BCUT2D eigenvalue weighted by molar-refractivity contribution is 9.10. The van der Waals surface area contributed by atoms with Gasteiger partial charge in [0.1, 0.15) is 5.82 Å². The van der Waals surface area contributed by atoms with Gasteiger partial charge in [0.2, 0.25) is 0 Å². The number of hydrogen-bond acceptors (Lipinski definition) is 2. The van der Waals surface area contributed by atoms with E-state index in [1.807, 2.05) is 48.8 Å². The van der Waals surface area contributed by atoms with E-state index in [0.717, 1.165) is 34.5 Å². The second kappa shape index (κ2) is 6.14. The van der Waals surface area contributed by atoms with E-state index in [2.05, 4.69) is 37.6 Å². The van der Waals surface area contributed by atoms with E-state index in [4.69, 9.17) is 5.73 Å². The Morgan fingerprint density at radius 2 is 1.95 bits per heavy atom. The molecule has 2 N–H and O–H groups in total. The fourth-order valence-electron chi connectivity index (χ4n) is 2.35. The minimum Gasteiger partial charge on any atom is -0.398 e. The highest BCUT2D eigenvalue weighted by Crippen LogP contribution is 2.17. The lowest BCUT2D eigenvalue weighted by Gasteiger charge is -2.10. The lowest BCUT2D eigenvalue weighted by atomic mass is 10.1. The Labute approximate surface area is 132 Å². The first-order valence-corrected chi connectivity index (χ1v) is 7.59. The zero-order chi connectivity index (χ0) is 14.7. The van der Waals surface area contributed by atoms with E-state index >= 15 is 0 Å². The van der Waals surface area contributed by atoms with Crippen LogP contribution in [0.2, 0.25) is 0 Å². The number of imidazole rings is 1. The van der Waals surface area contributed by atoms with E-state index in [-0.39, 0.29) is 0 Å². The predicted molar refractivity (Wildman–Crippen MR) is 89.1 cm³/mol. The Morgan fingerprint density at radius 3 is 2.76 bits per heavy atom. The Hall–Kier alpha value is -2.07. The number of aromatic nitrogens is 2. The SMILES string of the molecule is Nc1ccccc1Cc1nccn1Cc1cccc(Br)c1. The van der Waals surface area contributed by atoms with Gasteiger partial charge in [0.25, 0.3) is 0 Å². The molecule has 106 valence electrons. The molecule has 0 amide bonds. The Balaban J connectivity index is 1.83. The minimum absolute atomic E-state index is 0.744. The second-order valence-electron chi connectivity index (χ2n) is 4.98. The maximum atomic E-state index is 6.02. The molecule has 0 saturated heterocycles. The van der Waals surface area contributed by atoms with Crippen LogP contribution in [0.1, 0.15) is 17.0 Å². The lowest BCUT2D eigenvalue weighted by Crippen LogP contribution is -2.06. The molecular formula is C17H16BrN3. The van der Waals surface area contributed by atoms with Crippen LogP contribution < -0.4 is 5.73 Å². The third-order valence-electron chi connectivity index (χ3n) is 3.45. The molecule has 0 saturated carbocycles. The molecule has 0 fully saturated rings. The summed E-state index contributed by atoms with van der Waals surface area (Å²) in [6.45, 7) is 0.807. The van der Waals surface area contributed by atoms with Crippen molar-refractivity contribution in [1.29, 1.82) is 0 Å². The smallest absolute Gasteiger partial charge is 0.113 e. The molecule has 4 heteroatoms. The number of nitrogen functional groups attached to an aromatic ring is 1. The topological polar surface area (TPSA) is 43.8 Å². The van der Waals surface area contributed by atoms with Crippen molar-refractivity contribution in [1.82, 2.24) is 9.55 Å². The van der Waals surface area contributed by atoms with Gasteiger partial charge in [-0.1, -0.05) is 46.3 Å². The average Bonchev–Trinajstić information content (AvgIpc) is 2.89. The van der Waals surface area contributed by atoms with Crippen molar-refractivity contribution in [3.05, 3.63) is 82.3 Å². The third-order valence-corrected chi connectivity index (χ3v) is 3.94. The first-order chi connectivity index (χ1) is 10.2. The Bertz CT molecular complexity index is 749. The summed E-state index contributed by atoms with van der Waals surface area (Å²) in [7, 11) is 0. The number of benzene rings is 2. The molecule has 0 aliphatic rings. The predicted octanol–water partition coefficient (Wildman–Crippen LogP) is 3.87. The third kappa shape index (κ3) is 3.34. The normalized spacial score (nSPS) is 10.7. The molecule has 1 aromatic heterocycles. The van der Waals surface area contributed by atoms with Crippen LogP contribution in [0, 0.1) is 0 Å². The Kier molecular flexibility index (Phi) is 4.06. The zero-order valence-electron chi connectivity index (χ0n) is 11.5. The molecule has 3 nitrogen and oxygen atoms in total. The monoisotopic (exact) mass is 341 g/mol. The minimum atomic E-state index is 0.744. The highest BCUT2D eigenvalue weighted by atomic mass is 79.9. The lowest BCUT2D eigenvalue weighted by molar-refractivity contribution is 0.740. The average molecular weight is 342 g/mol. The molecule has 0 unspecified atom stereocenters. The van der Waals surface area contributed by atoms with E-state index in [1.165, 1.54) is 5.56 Å². The summed E-state index contributed by atoms with van der Waals surface area (Å²) in [6.07, 6.45) is 4.59. The number of halogens is 1. The fourth-order valence-corrected chi connectivity index (χ4v) is 2.80. The van der Waals surface area contributed by atoms with Crippen LogP contribution in [0.3, 0.4) is 0 Å². The van der Waals surface area contributed by atoms with Gasteiger partial charge in [0, 0.05) is 35.5 Å². The summed E-state index contributed by atoms with van der Waals surface area (Å²) >= 11 is 3.51. The summed E-state index contributed by atoms with van der Waals surface area (Å²) in [5, 5.41) is 0. The number of hydrogen-bond donors (Lipinski definition) is 1. The van der Waals surface area contributed by atoms with Crippen molar-refractivity contribution in [2.24, 2.45) is 0 Å². The van der Waals surface area contributed by atoms with Gasteiger partial charge in [0.05, 0.1) is 0 Å². The molecule has 1 heterocycles. The van der Waals surface area contributed by atoms with Crippen LogP contribution in [-0.4, -0.2) is 9.55 Å². The maximum absolute atomic E-state index is 6.02. The van der Waals surface area contributed by atoms with Gasteiger partial charge in [-0.3, -0.25) is 0 Å². The summed E-state index contributed by atoms with van der Waals surface area (Å²) in [6, 6.07) is 16.3. The standard InChI is InChI=1S/C17H16BrN3/c18-15-6-3-4-13(10-15)12-21-9-8-20-17(21)11-14-5-1-2-7-16(14)19/h1-10H,11-12,19H2. The maximum Gasteiger partial charge on any atom is 0.113 e. The number of nitrogens with zero attached hydrogens (tertiary/aromatic N) is 2. The highest BCUT2D eigenvalue weighted by Gasteiger charge is 2.07. The number of anilines is 1. The molecule has 0 aliphatic heterocycles. The van der Waals surface area contributed by atoms with Crippen molar-refractivity contribution in [3.63, 3.8) is 0 Å². The number of rotatable bonds is 4. The second-order valence-corrected chi connectivity index (χ2v) is 5.89. The van der Waals surface area contributed by atoms with Crippen molar-refractivity contribution in [2.75, 3.05) is 5.73 Å². The van der Waals surface area contributed by atoms with Gasteiger partial charge in [-0.2, -0.15) is 0 Å². The number of nitrogens with two attached hydrogens (primary N) is 1. The number of para-hydroxylation sites is 1. The van der Waals surface area contributed by atoms with Gasteiger partial charge in [-0.15, -0.1) is 0 Å². The van der Waals surface area contributed by atoms with Crippen LogP contribution in [-0.2, 0) is 13.0 Å². The summed E-state index contributed by atoms with van der Waals surface area (Å²) in [4.78, 5) is 4.47. The van der Waals surface area contributed by atoms with Gasteiger partial charge in [-0.05, 0) is 29.3 Å². The summed E-state index contributed by atoms with van der Waals surface area (Å²) in [5.74, 6) is 1.02. The van der Waals surface area contributed by atoms with E-state index in [9.17, 15) is 0 Å². The van der Waals surface area contributed by atoms with Crippen LogP contribution >= 0.6 is 15.9 Å². The van der Waals surface area contributed by atoms with Gasteiger partial charge >= 0.3 is 0 Å². The molecule has 3 aromatic rings. The molecule has 0 atom stereocenters. The van der Waals surface area contributed by atoms with Gasteiger partial charge in [0.15, 0.2) is 0 Å². The van der Waals surface area contributed by atoms with Crippen molar-refractivity contribution in [3.8, 4) is 0 Å². The fraction of sp³-hybridized carbons (Fsp3) is 0.118. The quantitative estimate of drug-likeness (QED) is 0.732. The summed E-state index contributed by atoms with van der Waals surface area (Å²) < 4.78 is 3.25. The van der Waals surface area contributed by atoms with Crippen molar-refractivity contribution < 1.29 is 0 Å². The molecule has 21 heavy (non-hydrogen) atoms. The van der Waals surface area contributed by atoms with Gasteiger partial charge < -0.3 is 10.3 Å². The van der Waals surface area contributed by atoms with Gasteiger partial charge in [-0.25, -0.2) is 4.98 Å². The van der Waals surface area contributed by atoms with Crippen LogP contribution in [0.5, 0.6) is 0 Å². The first kappa shape index (κ1) is 13.9.